The van der Waals surface area contributed by atoms with Gasteiger partial charge in [-0.3, -0.25) is 0 Å². The predicted molar refractivity (Wildman–Crippen MR) is 71.4 cm³/mol. The van der Waals surface area contributed by atoms with E-state index in [-0.39, 0.29) is 11.6 Å². The van der Waals surface area contributed by atoms with Gasteiger partial charge in [0.15, 0.2) is 10.2 Å². The molecule has 0 bridgehead atoms. The molecule has 0 saturated carbocycles. The van der Waals surface area contributed by atoms with Crippen molar-refractivity contribution < 1.29 is 18.7 Å². The molecule has 100 valence electrons. The number of nitrogens with one attached hydrogen (secondary N) is 1. The summed E-state index contributed by atoms with van der Waals surface area (Å²) in [5.41, 5.74) is -0.956. The lowest BCUT2D eigenvalue weighted by Gasteiger charge is -2.25. The fourth-order valence-corrected chi connectivity index (χ4v) is 1.93. The number of hydrogen-bond donors (Lipinski definition) is 2. The first-order chi connectivity index (χ1) is 8.91. The van der Waals surface area contributed by atoms with Gasteiger partial charge < -0.3 is 14.8 Å². The lowest BCUT2D eigenvalue weighted by Crippen LogP contribution is -2.40. The Hall–Kier alpha value is -1.82. The third-order valence-corrected chi connectivity index (χ3v) is 3.16. The van der Waals surface area contributed by atoms with E-state index < -0.39 is 11.5 Å². The molecule has 0 fully saturated rings. The monoisotopic (exact) mass is 327 g/mol. The molecular weight excluding hydrogens is 317 g/mol. The Labute approximate surface area is 117 Å². The van der Waals surface area contributed by atoms with E-state index in [2.05, 4.69) is 21.2 Å². The van der Waals surface area contributed by atoms with Crippen LogP contribution in [0.5, 0.6) is 0 Å². The second kappa shape index (κ2) is 5.05. The van der Waals surface area contributed by atoms with Crippen molar-refractivity contribution in [2.24, 2.45) is 0 Å². The molecule has 1 atom stereocenters. The summed E-state index contributed by atoms with van der Waals surface area (Å²) in [4.78, 5) is 11.5. The molecule has 0 spiro atoms. The van der Waals surface area contributed by atoms with E-state index in [9.17, 15) is 14.3 Å². The summed E-state index contributed by atoms with van der Waals surface area (Å²) in [5.74, 6) is -1.24. The molecule has 0 saturated heterocycles. The molecule has 1 heterocycles. The smallest absolute Gasteiger partial charge is 0.337 e. The van der Waals surface area contributed by atoms with Gasteiger partial charge in [0.25, 0.3) is 0 Å². The zero-order valence-electron chi connectivity index (χ0n) is 9.98. The van der Waals surface area contributed by atoms with Crippen LogP contribution in [0.15, 0.2) is 45.5 Å². The first-order valence-corrected chi connectivity index (χ1v) is 6.24. The van der Waals surface area contributed by atoms with Gasteiger partial charge in [0.2, 0.25) is 0 Å². The molecule has 1 unspecified atom stereocenters. The highest BCUT2D eigenvalue weighted by Gasteiger charge is 2.38. The van der Waals surface area contributed by atoms with Crippen LogP contribution in [0, 0.1) is 5.82 Å². The molecule has 1 aromatic carbocycles. The molecule has 6 heteroatoms. The molecular formula is C13H11BrFNO3. The van der Waals surface area contributed by atoms with Crippen LogP contribution in [0.3, 0.4) is 0 Å². The van der Waals surface area contributed by atoms with E-state index in [1.165, 1.54) is 31.2 Å². The Morgan fingerprint density at radius 3 is 2.42 bits per heavy atom. The predicted octanol–water partition coefficient (Wildman–Crippen LogP) is 3.59. The van der Waals surface area contributed by atoms with Crippen molar-refractivity contribution in [3.05, 3.63) is 52.6 Å². The summed E-state index contributed by atoms with van der Waals surface area (Å²) < 4.78 is 18.6. The number of halogens is 2. The highest BCUT2D eigenvalue weighted by molar-refractivity contribution is 9.10. The van der Waals surface area contributed by atoms with Gasteiger partial charge in [-0.25, -0.2) is 9.18 Å². The normalized spacial score (nSPS) is 13.8. The number of rotatable bonds is 4. The number of carboxylic acid groups (broad SMARTS) is 1. The maximum Gasteiger partial charge on any atom is 0.337 e. The van der Waals surface area contributed by atoms with E-state index >= 15 is 0 Å². The lowest BCUT2D eigenvalue weighted by atomic mass is 9.98. The number of carboxylic acids is 1. The van der Waals surface area contributed by atoms with Crippen molar-refractivity contribution in [2.75, 3.05) is 5.32 Å². The van der Waals surface area contributed by atoms with E-state index in [1.807, 2.05) is 0 Å². The van der Waals surface area contributed by atoms with Gasteiger partial charge in [-0.1, -0.05) is 0 Å². The summed E-state index contributed by atoms with van der Waals surface area (Å²) in [6, 6.07) is 8.62. The third kappa shape index (κ3) is 2.78. The Bertz CT molecular complexity index is 596. The van der Waals surface area contributed by atoms with Crippen LogP contribution >= 0.6 is 15.9 Å². The van der Waals surface area contributed by atoms with Gasteiger partial charge in [-0.2, -0.15) is 0 Å². The molecule has 2 rings (SSSR count). The summed E-state index contributed by atoms with van der Waals surface area (Å²) >= 11 is 3.13. The van der Waals surface area contributed by atoms with Gasteiger partial charge in [-0.15, -0.1) is 0 Å². The van der Waals surface area contributed by atoms with E-state index in [1.54, 1.807) is 12.1 Å². The Balaban J connectivity index is 2.35. The van der Waals surface area contributed by atoms with Crippen LogP contribution < -0.4 is 5.32 Å². The summed E-state index contributed by atoms with van der Waals surface area (Å²) in [5, 5.41) is 12.2. The Kier molecular flexibility index (Phi) is 3.61. The fourth-order valence-electron chi connectivity index (χ4n) is 1.63. The second-order valence-corrected chi connectivity index (χ2v) is 4.95. The van der Waals surface area contributed by atoms with Gasteiger partial charge in [0, 0.05) is 5.69 Å². The van der Waals surface area contributed by atoms with E-state index in [4.69, 9.17) is 4.42 Å². The topological polar surface area (TPSA) is 62.5 Å². The average Bonchev–Trinajstić information content (AvgIpc) is 2.79. The molecule has 2 N–H and O–H groups in total. The molecule has 0 radical (unpaired) electrons. The zero-order valence-corrected chi connectivity index (χ0v) is 11.6. The van der Waals surface area contributed by atoms with Gasteiger partial charge in [0.1, 0.15) is 11.6 Å². The minimum atomic E-state index is -1.44. The van der Waals surface area contributed by atoms with Crippen LogP contribution in [0.4, 0.5) is 10.1 Å². The van der Waals surface area contributed by atoms with Crippen molar-refractivity contribution in [1.29, 1.82) is 0 Å². The van der Waals surface area contributed by atoms with Crippen molar-refractivity contribution in [1.82, 2.24) is 0 Å². The average molecular weight is 328 g/mol. The number of hydrogen-bond acceptors (Lipinski definition) is 3. The highest BCUT2D eigenvalue weighted by Crippen LogP contribution is 2.29. The molecule has 0 aliphatic rings. The Morgan fingerprint density at radius 2 is 1.95 bits per heavy atom. The summed E-state index contributed by atoms with van der Waals surface area (Å²) in [7, 11) is 0. The molecule has 0 aliphatic carbocycles. The minimum Gasteiger partial charge on any atom is -0.479 e. The first kappa shape index (κ1) is 13.6. The van der Waals surface area contributed by atoms with Gasteiger partial charge in [-0.05, 0) is 59.3 Å². The number of aliphatic carboxylic acids is 1. The standard InChI is InChI=1S/C13H11BrFNO3/c1-13(12(17)18,10-6-7-11(14)19-10)16-9-4-2-8(15)3-5-9/h2-7,16H,1H3,(H,17,18). The van der Waals surface area contributed by atoms with Crippen LogP contribution in [0.2, 0.25) is 0 Å². The van der Waals surface area contributed by atoms with E-state index in [0.29, 0.717) is 10.4 Å². The first-order valence-electron chi connectivity index (χ1n) is 5.45. The number of furan rings is 1. The van der Waals surface area contributed by atoms with Crippen molar-refractivity contribution in [3.8, 4) is 0 Å². The van der Waals surface area contributed by atoms with Crippen LogP contribution in [0.1, 0.15) is 12.7 Å². The summed E-state index contributed by atoms with van der Waals surface area (Å²) in [6.45, 7) is 1.48. The molecule has 19 heavy (non-hydrogen) atoms. The van der Waals surface area contributed by atoms with E-state index in [0.717, 1.165) is 0 Å². The zero-order chi connectivity index (χ0) is 14.0. The van der Waals surface area contributed by atoms with Gasteiger partial charge in [0.05, 0.1) is 0 Å². The number of benzene rings is 1. The molecule has 0 aliphatic heterocycles. The fraction of sp³-hybridized carbons (Fsp3) is 0.154. The lowest BCUT2D eigenvalue weighted by molar-refractivity contribution is -0.142. The van der Waals surface area contributed by atoms with Crippen LogP contribution in [-0.4, -0.2) is 11.1 Å². The van der Waals surface area contributed by atoms with Crippen molar-refractivity contribution in [2.45, 2.75) is 12.5 Å². The maximum atomic E-state index is 12.8. The molecule has 2 aromatic rings. The minimum absolute atomic E-state index is 0.246. The van der Waals surface area contributed by atoms with Gasteiger partial charge >= 0.3 is 5.97 Å². The molecule has 0 amide bonds. The summed E-state index contributed by atoms with van der Waals surface area (Å²) in [6.07, 6.45) is 0. The third-order valence-electron chi connectivity index (χ3n) is 2.73. The van der Waals surface area contributed by atoms with Crippen molar-refractivity contribution in [3.63, 3.8) is 0 Å². The number of anilines is 1. The molecule has 4 nitrogen and oxygen atoms in total. The highest BCUT2D eigenvalue weighted by atomic mass is 79.9. The molecule has 1 aromatic heterocycles. The maximum absolute atomic E-state index is 12.8. The van der Waals surface area contributed by atoms with Crippen molar-refractivity contribution >= 4 is 27.6 Å². The second-order valence-electron chi connectivity index (χ2n) is 4.17. The van der Waals surface area contributed by atoms with Crippen LogP contribution in [-0.2, 0) is 10.3 Å². The van der Waals surface area contributed by atoms with Crippen LogP contribution in [0.25, 0.3) is 0 Å². The number of carbonyl (C=O) groups is 1. The SMILES string of the molecule is CC(Nc1ccc(F)cc1)(C(=O)O)c1ccc(Br)o1. The quantitative estimate of drug-likeness (QED) is 0.900. The Morgan fingerprint density at radius 1 is 1.32 bits per heavy atom. The largest absolute Gasteiger partial charge is 0.479 e.